The van der Waals surface area contributed by atoms with Gasteiger partial charge in [-0.05, 0) is 30.7 Å². The van der Waals surface area contributed by atoms with Crippen LogP contribution in [0.2, 0.25) is 0 Å². The number of ether oxygens (including phenoxy) is 1. The summed E-state index contributed by atoms with van der Waals surface area (Å²) >= 11 is 0. The number of nitrogens with one attached hydrogen (secondary N) is 2. The maximum Gasteiger partial charge on any atom is 0.317 e. The zero-order valence-electron chi connectivity index (χ0n) is 12.0. The van der Waals surface area contributed by atoms with E-state index >= 15 is 0 Å². The van der Waals surface area contributed by atoms with Gasteiger partial charge in [0.15, 0.2) is 0 Å². The van der Waals surface area contributed by atoms with Gasteiger partial charge in [0.05, 0.1) is 6.54 Å². The molecular weight excluding hydrogens is 254 g/mol. The molecule has 0 radical (unpaired) electrons. The van der Waals surface area contributed by atoms with E-state index in [1.54, 1.807) is 4.90 Å². The molecule has 1 heterocycles. The molecule has 1 aliphatic rings. The Balaban J connectivity index is 1.69. The van der Waals surface area contributed by atoms with Gasteiger partial charge in [0.2, 0.25) is 0 Å². The summed E-state index contributed by atoms with van der Waals surface area (Å²) in [6.45, 7) is 6.75. The van der Waals surface area contributed by atoms with Crippen molar-refractivity contribution in [3.8, 4) is 5.75 Å². The first-order valence-electron chi connectivity index (χ1n) is 7.25. The number of benzene rings is 1. The maximum absolute atomic E-state index is 11.3. The van der Waals surface area contributed by atoms with Gasteiger partial charge in [-0.3, -0.25) is 0 Å². The van der Waals surface area contributed by atoms with Gasteiger partial charge in [-0.2, -0.15) is 0 Å². The first-order valence-corrected chi connectivity index (χ1v) is 7.25. The fraction of sp³-hybridized carbons (Fsp3) is 0.533. The van der Waals surface area contributed by atoms with Gasteiger partial charge >= 0.3 is 6.03 Å². The van der Waals surface area contributed by atoms with Crippen molar-refractivity contribution in [1.29, 1.82) is 0 Å². The van der Waals surface area contributed by atoms with Crippen LogP contribution in [0, 0.1) is 0 Å². The van der Waals surface area contributed by atoms with E-state index in [1.807, 2.05) is 12.1 Å². The van der Waals surface area contributed by atoms with Crippen LogP contribution in [0.15, 0.2) is 24.3 Å². The quantitative estimate of drug-likeness (QED) is 0.710. The summed E-state index contributed by atoms with van der Waals surface area (Å²) in [5, 5.41) is 6.14. The third-order valence-corrected chi connectivity index (χ3v) is 3.25. The first kappa shape index (κ1) is 14.7. The molecule has 20 heavy (non-hydrogen) atoms. The molecule has 1 aromatic carbocycles. The third-order valence-electron chi connectivity index (χ3n) is 3.25. The molecule has 0 saturated carbocycles. The van der Waals surface area contributed by atoms with Crippen LogP contribution in [0.4, 0.5) is 4.79 Å². The fourth-order valence-electron chi connectivity index (χ4n) is 2.11. The minimum absolute atomic E-state index is 0.00551. The van der Waals surface area contributed by atoms with Gasteiger partial charge in [0.1, 0.15) is 12.4 Å². The summed E-state index contributed by atoms with van der Waals surface area (Å²) in [6.07, 6.45) is 1.14. The molecule has 5 nitrogen and oxygen atoms in total. The van der Waals surface area contributed by atoms with Crippen LogP contribution in [0.25, 0.3) is 0 Å². The van der Waals surface area contributed by atoms with Crippen molar-refractivity contribution in [2.45, 2.75) is 19.9 Å². The van der Waals surface area contributed by atoms with Crippen LogP contribution in [-0.2, 0) is 6.54 Å². The molecule has 1 saturated heterocycles. The van der Waals surface area contributed by atoms with Crippen molar-refractivity contribution in [3.05, 3.63) is 29.8 Å². The van der Waals surface area contributed by atoms with Crippen LogP contribution in [0.3, 0.4) is 0 Å². The van der Waals surface area contributed by atoms with Crippen molar-refractivity contribution in [2.24, 2.45) is 0 Å². The highest BCUT2D eigenvalue weighted by molar-refractivity contribution is 5.76. The highest BCUT2D eigenvalue weighted by Crippen LogP contribution is 2.12. The number of carbonyl (C=O) groups excluding carboxylic acids is 1. The predicted octanol–water partition coefficient (Wildman–Crippen LogP) is 1.59. The van der Waals surface area contributed by atoms with E-state index in [2.05, 4.69) is 29.7 Å². The SMILES string of the molecule is CCCNCc1ccc(OCCN2CCNC2=O)cc1. The van der Waals surface area contributed by atoms with Crippen molar-refractivity contribution >= 4 is 6.03 Å². The summed E-state index contributed by atoms with van der Waals surface area (Å²) in [6, 6.07) is 8.10. The van der Waals surface area contributed by atoms with Gasteiger partial charge in [-0.25, -0.2) is 4.79 Å². The Morgan fingerprint density at radius 3 is 2.80 bits per heavy atom. The molecule has 0 aliphatic carbocycles. The molecule has 1 fully saturated rings. The lowest BCUT2D eigenvalue weighted by Crippen LogP contribution is -2.31. The normalized spacial score (nSPS) is 14.4. The Kier molecular flexibility index (Phi) is 5.68. The van der Waals surface area contributed by atoms with Crippen molar-refractivity contribution in [2.75, 3.05) is 32.8 Å². The monoisotopic (exact) mass is 277 g/mol. The summed E-state index contributed by atoms with van der Waals surface area (Å²) in [4.78, 5) is 13.1. The zero-order valence-corrected chi connectivity index (χ0v) is 12.0. The second-order valence-electron chi connectivity index (χ2n) is 4.89. The number of rotatable bonds is 8. The smallest absolute Gasteiger partial charge is 0.317 e. The summed E-state index contributed by atoms with van der Waals surface area (Å²) < 4.78 is 5.65. The van der Waals surface area contributed by atoms with Crippen LogP contribution >= 0.6 is 0 Å². The molecule has 110 valence electrons. The van der Waals surface area contributed by atoms with Gasteiger partial charge in [-0.15, -0.1) is 0 Å². The topological polar surface area (TPSA) is 53.6 Å². The average molecular weight is 277 g/mol. The standard InChI is InChI=1S/C15H23N3O2/c1-2-7-16-12-13-3-5-14(6-4-13)20-11-10-18-9-8-17-15(18)19/h3-6,16H,2,7-12H2,1H3,(H,17,19). The molecule has 1 aliphatic heterocycles. The zero-order chi connectivity index (χ0) is 14.2. The Bertz CT molecular complexity index is 420. The molecule has 0 aromatic heterocycles. The average Bonchev–Trinajstić information content (AvgIpc) is 2.87. The predicted molar refractivity (Wildman–Crippen MR) is 78.9 cm³/mol. The van der Waals surface area contributed by atoms with Gasteiger partial charge in [-0.1, -0.05) is 19.1 Å². The molecule has 2 rings (SSSR count). The number of nitrogens with zero attached hydrogens (tertiary/aromatic N) is 1. The van der Waals surface area contributed by atoms with Crippen molar-refractivity contribution in [1.82, 2.24) is 15.5 Å². The van der Waals surface area contributed by atoms with Crippen LogP contribution in [-0.4, -0.2) is 43.7 Å². The van der Waals surface area contributed by atoms with E-state index in [4.69, 9.17) is 4.74 Å². The molecule has 5 heteroatoms. The summed E-state index contributed by atoms with van der Waals surface area (Å²) in [5.74, 6) is 0.851. The fourth-order valence-corrected chi connectivity index (χ4v) is 2.11. The Morgan fingerprint density at radius 2 is 2.15 bits per heavy atom. The van der Waals surface area contributed by atoms with Crippen molar-refractivity contribution < 1.29 is 9.53 Å². The Labute approximate surface area is 120 Å². The maximum atomic E-state index is 11.3. The lowest BCUT2D eigenvalue weighted by Gasteiger charge is -2.14. The molecule has 2 N–H and O–H groups in total. The Morgan fingerprint density at radius 1 is 1.35 bits per heavy atom. The van der Waals surface area contributed by atoms with E-state index in [0.29, 0.717) is 13.2 Å². The number of hydrogen-bond donors (Lipinski definition) is 2. The molecule has 0 spiro atoms. The molecule has 2 amide bonds. The number of amides is 2. The van der Waals surface area contributed by atoms with E-state index in [0.717, 1.165) is 38.3 Å². The number of urea groups is 1. The van der Waals surface area contributed by atoms with Crippen LogP contribution < -0.4 is 15.4 Å². The molecule has 0 bridgehead atoms. The summed E-state index contributed by atoms with van der Waals surface area (Å²) in [7, 11) is 0. The summed E-state index contributed by atoms with van der Waals surface area (Å²) in [5.41, 5.74) is 1.25. The minimum atomic E-state index is 0.00551. The van der Waals surface area contributed by atoms with Gasteiger partial charge < -0.3 is 20.3 Å². The van der Waals surface area contributed by atoms with E-state index in [-0.39, 0.29) is 6.03 Å². The molecule has 1 aromatic rings. The van der Waals surface area contributed by atoms with Crippen molar-refractivity contribution in [3.63, 3.8) is 0 Å². The van der Waals surface area contributed by atoms with Crippen LogP contribution in [0.1, 0.15) is 18.9 Å². The highest BCUT2D eigenvalue weighted by Gasteiger charge is 2.18. The lowest BCUT2D eigenvalue weighted by atomic mass is 10.2. The Hall–Kier alpha value is -1.75. The van der Waals surface area contributed by atoms with E-state index in [9.17, 15) is 4.79 Å². The largest absolute Gasteiger partial charge is 0.492 e. The minimum Gasteiger partial charge on any atom is -0.492 e. The lowest BCUT2D eigenvalue weighted by molar-refractivity contribution is 0.202. The van der Waals surface area contributed by atoms with E-state index < -0.39 is 0 Å². The second-order valence-corrected chi connectivity index (χ2v) is 4.89. The molecule has 0 atom stereocenters. The third kappa shape index (κ3) is 4.42. The van der Waals surface area contributed by atoms with Gasteiger partial charge in [0, 0.05) is 19.6 Å². The van der Waals surface area contributed by atoms with E-state index in [1.165, 1.54) is 5.56 Å². The molecule has 0 unspecified atom stereocenters. The van der Waals surface area contributed by atoms with Crippen LogP contribution in [0.5, 0.6) is 5.75 Å². The number of hydrogen-bond acceptors (Lipinski definition) is 3. The second kappa shape index (κ2) is 7.75. The first-order chi connectivity index (χ1) is 9.79. The van der Waals surface area contributed by atoms with Gasteiger partial charge in [0.25, 0.3) is 0 Å². The molecular formula is C15H23N3O2. The number of carbonyl (C=O) groups is 1. The highest BCUT2D eigenvalue weighted by atomic mass is 16.5.